The molecule has 0 atom stereocenters. The van der Waals surface area contributed by atoms with Crippen LogP contribution in [0.1, 0.15) is 0 Å². The molecule has 0 aromatic carbocycles. The first-order valence-electron chi connectivity index (χ1n) is 1.52. The van der Waals surface area contributed by atoms with Crippen molar-refractivity contribution in [3.8, 4) is 0 Å². The molecule has 0 saturated heterocycles. The van der Waals surface area contributed by atoms with Gasteiger partial charge >= 0.3 is 5.76 Å². The molecule has 3 nitrogen and oxygen atoms in total. The number of oxazole rings is 1. The van der Waals surface area contributed by atoms with Crippen molar-refractivity contribution in [3.63, 3.8) is 0 Å². The molecule has 0 saturated carbocycles. The van der Waals surface area contributed by atoms with E-state index in [-0.39, 0.29) is 21.1 Å². The Morgan fingerprint density at radius 1 is 1.71 bits per heavy atom. The van der Waals surface area contributed by atoms with E-state index in [1.54, 1.807) is 0 Å². The third-order valence-electron chi connectivity index (χ3n) is 0.444. The molecule has 0 amide bonds. The zero-order valence-corrected chi connectivity index (χ0v) is 5.56. The first-order chi connectivity index (χ1) is 2.89. The summed E-state index contributed by atoms with van der Waals surface area (Å²) in [6.07, 6.45) is 2.73. The smallest absolute Gasteiger partial charge is 0.416 e. The average Bonchev–Trinajstić information content (AvgIpc) is 1.86. The second-order valence-electron chi connectivity index (χ2n) is 0.852. The zero-order chi connectivity index (χ0) is 4.41. The maximum Gasteiger partial charge on any atom is 0.416 e. The molecule has 1 rings (SSSR count). The Morgan fingerprint density at radius 3 is 2.57 bits per heavy atom. The van der Waals surface area contributed by atoms with Gasteiger partial charge in [-0.1, -0.05) is 0 Å². The van der Waals surface area contributed by atoms with Gasteiger partial charge < -0.3 is 4.42 Å². The van der Waals surface area contributed by atoms with E-state index in [1.807, 2.05) is 0 Å². The van der Waals surface area contributed by atoms with Crippen LogP contribution in [0.4, 0.5) is 0 Å². The topological polar surface area (TPSA) is 46.0 Å². The predicted molar refractivity (Wildman–Crippen MR) is 19.3 cm³/mol. The second kappa shape index (κ2) is 2.80. The molecule has 1 N–H and O–H groups in total. The third-order valence-corrected chi connectivity index (χ3v) is 0.444. The molecule has 1 aromatic rings. The number of hydrogen-bond donors (Lipinski definition) is 1. The van der Waals surface area contributed by atoms with Crippen LogP contribution in [-0.4, -0.2) is 4.98 Å². The fourth-order valence-electron chi connectivity index (χ4n) is 0.232. The van der Waals surface area contributed by atoms with E-state index in [2.05, 4.69) is 9.40 Å². The minimum atomic E-state index is -0.407. The predicted octanol–water partition coefficient (Wildman–Crippen LogP) is -0.0346. The molecule has 0 aliphatic heterocycles. The number of aromatic amines is 1. The number of hydrogen-bond acceptors (Lipinski definition) is 2. The van der Waals surface area contributed by atoms with Crippen molar-refractivity contribution in [2.75, 3.05) is 0 Å². The molecule has 0 spiro atoms. The molecule has 0 aliphatic rings. The second-order valence-corrected chi connectivity index (χ2v) is 0.852. The van der Waals surface area contributed by atoms with Crippen molar-refractivity contribution >= 4 is 0 Å². The Bertz CT molecular complexity index is 151. The van der Waals surface area contributed by atoms with Gasteiger partial charge in [0.1, 0.15) is 6.26 Å². The largest absolute Gasteiger partial charge is 0.417 e. The maximum atomic E-state index is 9.85. The summed E-state index contributed by atoms with van der Waals surface area (Å²) >= 11 is 0. The monoisotopic (exact) mass is 280 g/mol. The van der Waals surface area contributed by atoms with Crippen LogP contribution in [0.25, 0.3) is 0 Å². The summed E-state index contributed by atoms with van der Waals surface area (Å²) in [7, 11) is 0. The summed E-state index contributed by atoms with van der Waals surface area (Å²) in [5.74, 6) is -0.407. The van der Waals surface area contributed by atoms with Gasteiger partial charge in [-0.05, 0) is 0 Å². The summed E-state index contributed by atoms with van der Waals surface area (Å²) in [6.45, 7) is 0. The normalized spacial score (nSPS) is 7.43. The average molecular weight is 280 g/mol. The molecule has 42 valence electrons. The minimum Gasteiger partial charge on any atom is -0.417 e. The summed E-state index contributed by atoms with van der Waals surface area (Å²) in [6, 6.07) is 0. The Morgan fingerprint density at radius 2 is 2.43 bits per heavy atom. The summed E-state index contributed by atoms with van der Waals surface area (Å²) < 4.78 is 4.22. The Kier molecular flexibility index (Phi) is 2.68. The molecule has 1 heterocycles. The third kappa shape index (κ3) is 1.74. The first kappa shape index (κ1) is 6.70. The van der Waals surface area contributed by atoms with Crippen molar-refractivity contribution in [3.05, 3.63) is 23.0 Å². The van der Waals surface area contributed by atoms with Gasteiger partial charge in [0, 0.05) is 27.3 Å². The van der Waals surface area contributed by atoms with E-state index in [0.717, 1.165) is 0 Å². The molecule has 4 heteroatoms. The fraction of sp³-hybridized carbons (Fsp3) is 0. The van der Waals surface area contributed by atoms with E-state index in [4.69, 9.17) is 0 Å². The van der Waals surface area contributed by atoms with Gasteiger partial charge in [0.05, 0.1) is 0 Å². The van der Waals surface area contributed by atoms with E-state index in [1.165, 1.54) is 12.5 Å². The SMILES string of the molecule is O=c1[nH]cco1.[Pt]. The van der Waals surface area contributed by atoms with E-state index in [0.29, 0.717) is 0 Å². The molecule has 0 unspecified atom stereocenters. The molecule has 7 heavy (non-hydrogen) atoms. The van der Waals surface area contributed by atoms with Gasteiger partial charge in [0.15, 0.2) is 0 Å². The van der Waals surface area contributed by atoms with Gasteiger partial charge in [0.2, 0.25) is 0 Å². The Hall–Kier alpha value is -0.302. The number of nitrogens with one attached hydrogen (secondary N) is 1. The number of H-pyrrole nitrogens is 1. The Balaban J connectivity index is 0.000000360. The van der Waals surface area contributed by atoms with Gasteiger partial charge in [-0.15, -0.1) is 0 Å². The van der Waals surface area contributed by atoms with Crippen LogP contribution in [0, 0.1) is 0 Å². The van der Waals surface area contributed by atoms with Gasteiger partial charge in [-0.2, -0.15) is 0 Å². The van der Waals surface area contributed by atoms with E-state index in [9.17, 15) is 4.79 Å². The van der Waals surface area contributed by atoms with Crippen molar-refractivity contribution in [1.29, 1.82) is 0 Å². The molecule has 0 fully saturated rings. The Labute approximate surface area is 54.0 Å². The number of rotatable bonds is 0. The summed E-state index contributed by atoms with van der Waals surface area (Å²) in [5, 5.41) is 0. The summed E-state index contributed by atoms with van der Waals surface area (Å²) in [5.41, 5.74) is 0. The molecule has 0 radical (unpaired) electrons. The fourth-order valence-corrected chi connectivity index (χ4v) is 0.232. The van der Waals surface area contributed by atoms with Crippen molar-refractivity contribution in [2.24, 2.45) is 0 Å². The van der Waals surface area contributed by atoms with Gasteiger partial charge in [-0.3, -0.25) is 4.98 Å². The molecule has 0 aliphatic carbocycles. The van der Waals surface area contributed by atoms with Crippen LogP contribution in [0.15, 0.2) is 21.7 Å². The zero-order valence-electron chi connectivity index (χ0n) is 3.29. The van der Waals surface area contributed by atoms with Crippen molar-refractivity contribution < 1.29 is 25.5 Å². The van der Waals surface area contributed by atoms with Gasteiger partial charge in [-0.25, -0.2) is 4.79 Å². The molecule has 1 aromatic heterocycles. The standard InChI is InChI=1S/C3H3NO2.Pt/c5-3-4-1-2-6-3;/h1-2H,(H,4,5);. The van der Waals surface area contributed by atoms with Crippen LogP contribution in [0.3, 0.4) is 0 Å². The summed E-state index contributed by atoms with van der Waals surface area (Å²) in [4.78, 5) is 12.1. The van der Waals surface area contributed by atoms with E-state index >= 15 is 0 Å². The minimum absolute atomic E-state index is 0. The van der Waals surface area contributed by atoms with Crippen molar-refractivity contribution in [2.45, 2.75) is 0 Å². The van der Waals surface area contributed by atoms with Crippen LogP contribution in [-0.2, 0) is 21.1 Å². The van der Waals surface area contributed by atoms with Crippen LogP contribution >= 0.6 is 0 Å². The van der Waals surface area contributed by atoms with E-state index < -0.39 is 5.76 Å². The number of aromatic nitrogens is 1. The maximum absolute atomic E-state index is 9.85. The molecular weight excluding hydrogens is 277 g/mol. The molecule has 0 bridgehead atoms. The molecular formula is C3H3NO2Pt. The first-order valence-corrected chi connectivity index (χ1v) is 1.52. The van der Waals surface area contributed by atoms with Crippen LogP contribution in [0.2, 0.25) is 0 Å². The van der Waals surface area contributed by atoms with Gasteiger partial charge in [0.25, 0.3) is 0 Å². The van der Waals surface area contributed by atoms with Crippen LogP contribution in [0.5, 0.6) is 0 Å². The van der Waals surface area contributed by atoms with Crippen molar-refractivity contribution in [1.82, 2.24) is 4.98 Å². The quantitative estimate of drug-likeness (QED) is 0.725. The van der Waals surface area contributed by atoms with Crippen LogP contribution < -0.4 is 5.76 Å².